The lowest BCUT2D eigenvalue weighted by Crippen LogP contribution is -2.41. The third-order valence-corrected chi connectivity index (χ3v) is 4.07. The highest BCUT2D eigenvalue weighted by Gasteiger charge is 2.38. The number of benzene rings is 1. The van der Waals surface area contributed by atoms with Crippen LogP contribution in [0.4, 0.5) is 0 Å². The Hall–Kier alpha value is -1.22. The fourth-order valence-electron chi connectivity index (χ4n) is 2.61. The van der Waals surface area contributed by atoms with Crippen LogP contribution in [0.3, 0.4) is 0 Å². The molecule has 2 rings (SSSR count). The Kier molecular flexibility index (Phi) is 3.29. The first-order valence-electron chi connectivity index (χ1n) is 6.10. The van der Waals surface area contributed by atoms with E-state index >= 15 is 0 Å². The smallest absolute Gasteiger partial charge is 0.125 e. The molecule has 3 nitrogen and oxygen atoms in total. The van der Waals surface area contributed by atoms with Crippen LogP contribution in [0.2, 0.25) is 0 Å². The van der Waals surface area contributed by atoms with Crippen LogP contribution in [-0.2, 0) is 5.41 Å². The van der Waals surface area contributed by atoms with Gasteiger partial charge < -0.3 is 15.2 Å². The van der Waals surface area contributed by atoms with Crippen molar-refractivity contribution >= 4 is 0 Å². The average molecular weight is 235 g/mol. The Morgan fingerprint density at radius 3 is 2.00 bits per heavy atom. The van der Waals surface area contributed by atoms with Gasteiger partial charge in [-0.2, -0.15) is 0 Å². The molecule has 17 heavy (non-hydrogen) atoms. The maximum absolute atomic E-state index is 5.94. The Morgan fingerprint density at radius 2 is 1.71 bits per heavy atom. The number of hydrogen-bond acceptors (Lipinski definition) is 3. The van der Waals surface area contributed by atoms with Crippen LogP contribution in [0.15, 0.2) is 12.1 Å². The maximum atomic E-state index is 5.94. The van der Waals surface area contributed by atoms with Gasteiger partial charge in [0.1, 0.15) is 11.5 Å². The lowest BCUT2D eigenvalue weighted by atomic mass is 9.64. The standard InChI is InChI=1S/C14H21NO2/c1-10-12(16-2)7-11(8-13(10)17-3)14(9-15)5-4-6-14/h7-8H,4-6,9,15H2,1-3H3. The highest BCUT2D eigenvalue weighted by Crippen LogP contribution is 2.45. The molecule has 0 bridgehead atoms. The molecule has 1 aromatic rings. The van der Waals surface area contributed by atoms with Crippen molar-refractivity contribution in [3.8, 4) is 11.5 Å². The summed E-state index contributed by atoms with van der Waals surface area (Å²) in [6.45, 7) is 2.71. The molecule has 1 saturated carbocycles. The highest BCUT2D eigenvalue weighted by molar-refractivity contribution is 5.50. The Bertz CT molecular complexity index is 380. The van der Waals surface area contributed by atoms with E-state index in [0.29, 0.717) is 6.54 Å². The molecule has 1 fully saturated rings. The summed E-state index contributed by atoms with van der Waals surface area (Å²) in [5, 5.41) is 0. The molecule has 0 unspecified atom stereocenters. The summed E-state index contributed by atoms with van der Waals surface area (Å²) in [5.74, 6) is 1.78. The molecule has 2 N–H and O–H groups in total. The van der Waals surface area contributed by atoms with Crippen molar-refractivity contribution in [3.05, 3.63) is 23.3 Å². The monoisotopic (exact) mass is 235 g/mol. The van der Waals surface area contributed by atoms with Gasteiger partial charge in [-0.3, -0.25) is 0 Å². The minimum Gasteiger partial charge on any atom is -0.496 e. The third kappa shape index (κ3) is 1.89. The van der Waals surface area contributed by atoms with Gasteiger partial charge in [-0.15, -0.1) is 0 Å². The topological polar surface area (TPSA) is 44.5 Å². The number of ether oxygens (including phenoxy) is 2. The number of rotatable bonds is 4. The summed E-state index contributed by atoms with van der Waals surface area (Å²) < 4.78 is 10.8. The summed E-state index contributed by atoms with van der Waals surface area (Å²) in [4.78, 5) is 0. The van der Waals surface area contributed by atoms with E-state index < -0.39 is 0 Å². The zero-order valence-electron chi connectivity index (χ0n) is 10.9. The summed E-state index contributed by atoms with van der Waals surface area (Å²) in [5.41, 5.74) is 8.39. The Morgan fingerprint density at radius 1 is 1.18 bits per heavy atom. The molecule has 0 radical (unpaired) electrons. The summed E-state index contributed by atoms with van der Waals surface area (Å²) >= 11 is 0. The van der Waals surface area contributed by atoms with Gasteiger partial charge >= 0.3 is 0 Å². The molecule has 3 heteroatoms. The fraction of sp³-hybridized carbons (Fsp3) is 0.571. The van der Waals surface area contributed by atoms with Crippen LogP contribution in [-0.4, -0.2) is 20.8 Å². The van der Waals surface area contributed by atoms with E-state index in [0.717, 1.165) is 17.1 Å². The molecule has 0 aromatic heterocycles. The van der Waals surface area contributed by atoms with Gasteiger partial charge in [0.2, 0.25) is 0 Å². The van der Waals surface area contributed by atoms with Crippen LogP contribution in [0.5, 0.6) is 11.5 Å². The van der Waals surface area contributed by atoms with Crippen LogP contribution in [0.25, 0.3) is 0 Å². The van der Waals surface area contributed by atoms with Gasteiger partial charge in [-0.05, 0) is 37.5 Å². The predicted octanol–water partition coefficient (Wildman–Crippen LogP) is 2.39. The Labute approximate surface area is 103 Å². The zero-order valence-corrected chi connectivity index (χ0v) is 10.9. The fourth-order valence-corrected chi connectivity index (χ4v) is 2.61. The largest absolute Gasteiger partial charge is 0.496 e. The van der Waals surface area contributed by atoms with E-state index in [1.54, 1.807) is 14.2 Å². The molecule has 1 aliphatic rings. The van der Waals surface area contributed by atoms with Gasteiger partial charge in [-0.1, -0.05) is 6.42 Å². The van der Waals surface area contributed by atoms with Gasteiger partial charge in [-0.25, -0.2) is 0 Å². The molecular formula is C14H21NO2. The molecular weight excluding hydrogens is 214 g/mol. The van der Waals surface area contributed by atoms with Gasteiger partial charge in [0, 0.05) is 17.5 Å². The van der Waals surface area contributed by atoms with Crippen LogP contribution in [0, 0.1) is 6.92 Å². The number of methoxy groups -OCH3 is 2. The first-order valence-corrected chi connectivity index (χ1v) is 6.10. The van der Waals surface area contributed by atoms with Crippen molar-refractivity contribution in [2.24, 2.45) is 5.73 Å². The van der Waals surface area contributed by atoms with E-state index in [9.17, 15) is 0 Å². The minimum absolute atomic E-state index is 0.147. The van der Waals surface area contributed by atoms with Crippen molar-refractivity contribution in [2.45, 2.75) is 31.6 Å². The predicted molar refractivity (Wildman–Crippen MR) is 68.9 cm³/mol. The molecule has 1 aromatic carbocycles. The van der Waals surface area contributed by atoms with Gasteiger partial charge in [0.05, 0.1) is 14.2 Å². The highest BCUT2D eigenvalue weighted by atomic mass is 16.5. The lowest BCUT2D eigenvalue weighted by Gasteiger charge is -2.42. The van der Waals surface area contributed by atoms with Crippen molar-refractivity contribution in [1.82, 2.24) is 0 Å². The maximum Gasteiger partial charge on any atom is 0.125 e. The van der Waals surface area contributed by atoms with Crippen LogP contribution < -0.4 is 15.2 Å². The number of nitrogens with two attached hydrogens (primary N) is 1. The Balaban J connectivity index is 2.47. The quantitative estimate of drug-likeness (QED) is 0.871. The van der Waals surface area contributed by atoms with Gasteiger partial charge in [0.15, 0.2) is 0 Å². The van der Waals surface area contributed by atoms with E-state index in [2.05, 4.69) is 12.1 Å². The van der Waals surface area contributed by atoms with Crippen molar-refractivity contribution in [1.29, 1.82) is 0 Å². The molecule has 0 saturated heterocycles. The van der Waals surface area contributed by atoms with Crippen LogP contribution in [0.1, 0.15) is 30.4 Å². The summed E-state index contributed by atoms with van der Waals surface area (Å²) in [6.07, 6.45) is 3.59. The molecule has 0 aliphatic heterocycles. The molecule has 1 aliphatic carbocycles. The third-order valence-electron chi connectivity index (χ3n) is 4.07. The second-order valence-electron chi connectivity index (χ2n) is 4.84. The van der Waals surface area contributed by atoms with Gasteiger partial charge in [0.25, 0.3) is 0 Å². The normalized spacial score (nSPS) is 17.4. The molecule has 0 spiro atoms. The first kappa shape index (κ1) is 12.2. The molecule has 0 heterocycles. The summed E-state index contributed by atoms with van der Waals surface area (Å²) in [6, 6.07) is 4.23. The SMILES string of the molecule is COc1cc(C2(CN)CCC2)cc(OC)c1C. The molecule has 0 amide bonds. The van der Waals surface area contributed by atoms with E-state index in [4.69, 9.17) is 15.2 Å². The van der Waals surface area contributed by atoms with Crippen molar-refractivity contribution < 1.29 is 9.47 Å². The van der Waals surface area contributed by atoms with Crippen molar-refractivity contribution in [2.75, 3.05) is 20.8 Å². The molecule has 94 valence electrons. The average Bonchev–Trinajstić information content (AvgIpc) is 2.30. The second-order valence-corrected chi connectivity index (χ2v) is 4.84. The van der Waals surface area contributed by atoms with E-state index in [-0.39, 0.29) is 5.41 Å². The van der Waals surface area contributed by atoms with E-state index in [1.807, 2.05) is 6.92 Å². The van der Waals surface area contributed by atoms with Crippen LogP contribution >= 0.6 is 0 Å². The zero-order chi connectivity index (χ0) is 12.5. The minimum atomic E-state index is 0.147. The summed E-state index contributed by atoms with van der Waals surface area (Å²) in [7, 11) is 3.39. The van der Waals surface area contributed by atoms with E-state index in [1.165, 1.54) is 24.8 Å². The van der Waals surface area contributed by atoms with Crippen molar-refractivity contribution in [3.63, 3.8) is 0 Å². The molecule has 0 atom stereocenters. The number of hydrogen-bond donors (Lipinski definition) is 1. The first-order chi connectivity index (χ1) is 8.16. The second kappa shape index (κ2) is 4.57. The lowest BCUT2D eigenvalue weighted by molar-refractivity contribution is 0.251.